The van der Waals surface area contributed by atoms with Gasteiger partial charge in [0.15, 0.2) is 16.1 Å². The van der Waals surface area contributed by atoms with Crippen LogP contribution in [0.1, 0.15) is 10.4 Å². The number of carbonyl (C=O) groups excluding carboxylic acids is 1. The maximum absolute atomic E-state index is 12.5. The fourth-order valence-electron chi connectivity index (χ4n) is 3.07. The molecule has 0 unspecified atom stereocenters. The number of nitrogens with zero attached hydrogens (tertiary/aromatic N) is 4. The molecule has 2 aromatic carbocycles. The Hall–Kier alpha value is -2.27. The quantitative estimate of drug-likeness (QED) is 0.176. The average molecular weight is 605 g/mol. The molecular formula is C23H19Br2N5OS2. The molecule has 0 aliphatic heterocycles. The number of nitrogens with one attached hydrogen (secondary N) is 1. The van der Waals surface area contributed by atoms with Crippen LogP contribution in [-0.4, -0.2) is 31.4 Å². The molecule has 33 heavy (non-hydrogen) atoms. The Morgan fingerprint density at radius 1 is 1.15 bits per heavy atom. The highest BCUT2D eigenvalue weighted by molar-refractivity contribution is 9.10. The number of thioether (sulfide) groups is 1. The lowest BCUT2D eigenvalue weighted by Crippen LogP contribution is -2.14. The van der Waals surface area contributed by atoms with Gasteiger partial charge < -0.3 is 5.32 Å². The topological polar surface area (TPSA) is 72.7 Å². The minimum Gasteiger partial charge on any atom is -0.301 e. The van der Waals surface area contributed by atoms with E-state index in [1.807, 2.05) is 41.0 Å². The van der Waals surface area contributed by atoms with Crippen LogP contribution in [0, 0.1) is 0 Å². The summed E-state index contributed by atoms with van der Waals surface area (Å²) in [5.74, 6) is 0.787. The van der Waals surface area contributed by atoms with Crippen molar-refractivity contribution in [2.24, 2.45) is 0 Å². The van der Waals surface area contributed by atoms with Gasteiger partial charge in [-0.1, -0.05) is 80.0 Å². The molecule has 0 saturated heterocycles. The van der Waals surface area contributed by atoms with Gasteiger partial charge in [0, 0.05) is 38.5 Å². The summed E-state index contributed by atoms with van der Waals surface area (Å²) in [7, 11) is 0. The van der Waals surface area contributed by atoms with Gasteiger partial charge in [0.25, 0.3) is 0 Å². The Bertz CT molecular complexity index is 1270. The normalized spacial score (nSPS) is 10.8. The van der Waals surface area contributed by atoms with Crippen molar-refractivity contribution >= 4 is 66.0 Å². The Morgan fingerprint density at radius 3 is 2.70 bits per heavy atom. The average Bonchev–Trinajstić information content (AvgIpc) is 3.41. The molecule has 0 spiro atoms. The van der Waals surface area contributed by atoms with E-state index in [9.17, 15) is 4.79 Å². The number of rotatable bonds is 9. The van der Waals surface area contributed by atoms with E-state index in [1.54, 1.807) is 12.3 Å². The number of amides is 1. The van der Waals surface area contributed by atoms with E-state index in [0.717, 1.165) is 31.6 Å². The molecule has 6 nitrogen and oxygen atoms in total. The van der Waals surface area contributed by atoms with Crippen LogP contribution >= 0.6 is 55.0 Å². The minimum absolute atomic E-state index is 0.139. The van der Waals surface area contributed by atoms with E-state index in [0.29, 0.717) is 16.8 Å². The number of hydrogen-bond donors (Lipinski definition) is 1. The summed E-state index contributed by atoms with van der Waals surface area (Å²) in [5.41, 5.74) is 2.13. The molecule has 0 aliphatic carbocycles. The summed E-state index contributed by atoms with van der Waals surface area (Å²) in [6, 6.07) is 16.0. The number of thiazole rings is 1. The van der Waals surface area contributed by atoms with Crippen molar-refractivity contribution in [3.63, 3.8) is 0 Å². The maximum atomic E-state index is 12.5. The SMILES string of the molecule is C=CCn1c(SCC(=O)Nc2ncc(Cc3ccc(Br)cc3)s2)nnc1-c1ccccc1Br. The van der Waals surface area contributed by atoms with Gasteiger partial charge in [0.2, 0.25) is 5.91 Å². The predicted molar refractivity (Wildman–Crippen MR) is 142 cm³/mol. The first-order chi connectivity index (χ1) is 16.0. The molecule has 1 N–H and O–H groups in total. The van der Waals surface area contributed by atoms with Gasteiger partial charge in [-0.3, -0.25) is 9.36 Å². The maximum Gasteiger partial charge on any atom is 0.236 e. The zero-order valence-electron chi connectivity index (χ0n) is 17.4. The first-order valence-corrected chi connectivity index (χ1v) is 13.3. The molecular weight excluding hydrogens is 586 g/mol. The zero-order valence-corrected chi connectivity index (χ0v) is 22.2. The van der Waals surface area contributed by atoms with Crippen LogP contribution in [0.5, 0.6) is 0 Å². The summed E-state index contributed by atoms with van der Waals surface area (Å²) in [5, 5.41) is 12.8. The van der Waals surface area contributed by atoms with Gasteiger partial charge in [0.05, 0.1) is 5.75 Å². The number of allylic oxidation sites excluding steroid dienone is 1. The number of anilines is 1. The first-order valence-electron chi connectivity index (χ1n) is 9.94. The Kier molecular flexibility index (Phi) is 8.13. The zero-order chi connectivity index (χ0) is 23.2. The Labute approximate surface area is 216 Å². The first kappa shape index (κ1) is 23.9. The van der Waals surface area contributed by atoms with Crippen LogP contribution in [0.15, 0.2) is 81.5 Å². The lowest BCUT2D eigenvalue weighted by molar-refractivity contribution is -0.113. The summed E-state index contributed by atoms with van der Waals surface area (Å²) in [4.78, 5) is 18.0. The number of halogens is 2. The van der Waals surface area contributed by atoms with E-state index in [4.69, 9.17) is 0 Å². The van der Waals surface area contributed by atoms with E-state index >= 15 is 0 Å². The third-order valence-electron chi connectivity index (χ3n) is 4.57. The van der Waals surface area contributed by atoms with Crippen molar-refractivity contribution < 1.29 is 4.79 Å². The number of benzene rings is 2. The molecule has 1 amide bonds. The van der Waals surface area contributed by atoms with Crippen LogP contribution in [0.3, 0.4) is 0 Å². The highest BCUT2D eigenvalue weighted by atomic mass is 79.9. The number of carbonyl (C=O) groups is 1. The van der Waals surface area contributed by atoms with Crippen molar-refractivity contribution in [1.82, 2.24) is 19.7 Å². The molecule has 2 aromatic heterocycles. The van der Waals surface area contributed by atoms with E-state index < -0.39 is 0 Å². The van der Waals surface area contributed by atoms with Gasteiger partial charge in [0.1, 0.15) is 0 Å². The summed E-state index contributed by atoms with van der Waals surface area (Å²) < 4.78 is 3.93. The van der Waals surface area contributed by atoms with E-state index in [-0.39, 0.29) is 11.7 Å². The fraction of sp³-hybridized carbons (Fsp3) is 0.130. The molecule has 4 rings (SSSR count). The van der Waals surface area contributed by atoms with E-state index in [1.165, 1.54) is 28.7 Å². The Morgan fingerprint density at radius 2 is 1.94 bits per heavy atom. The van der Waals surface area contributed by atoms with Crippen molar-refractivity contribution in [3.8, 4) is 11.4 Å². The van der Waals surface area contributed by atoms with Crippen LogP contribution in [0.2, 0.25) is 0 Å². The predicted octanol–water partition coefficient (Wildman–Crippen LogP) is 6.43. The molecule has 10 heteroatoms. The molecule has 4 aromatic rings. The number of aromatic nitrogens is 4. The van der Waals surface area contributed by atoms with Crippen LogP contribution in [0.4, 0.5) is 5.13 Å². The molecule has 0 aliphatic rings. The highest BCUT2D eigenvalue weighted by Crippen LogP contribution is 2.30. The molecule has 0 saturated carbocycles. The van der Waals surface area contributed by atoms with Crippen LogP contribution in [-0.2, 0) is 17.8 Å². The molecule has 0 atom stereocenters. The second-order valence-electron chi connectivity index (χ2n) is 6.96. The molecule has 168 valence electrons. The third-order valence-corrected chi connectivity index (χ3v) is 7.67. The largest absolute Gasteiger partial charge is 0.301 e. The standard InChI is InChI=1S/C23H19Br2N5OS2/c1-2-11-30-21(18-5-3-4-6-19(18)25)28-29-23(30)32-14-20(31)27-22-26-13-17(33-22)12-15-7-9-16(24)10-8-15/h2-10,13H,1,11-12,14H2,(H,26,27,31). The van der Waals surface area contributed by atoms with E-state index in [2.05, 4.69) is 71.1 Å². The minimum atomic E-state index is -0.139. The van der Waals surface area contributed by atoms with Crippen molar-refractivity contribution in [2.45, 2.75) is 18.1 Å². The molecule has 0 radical (unpaired) electrons. The van der Waals surface area contributed by atoms with Crippen molar-refractivity contribution in [2.75, 3.05) is 11.1 Å². The lowest BCUT2D eigenvalue weighted by Gasteiger charge is -2.08. The van der Waals surface area contributed by atoms with Crippen molar-refractivity contribution in [3.05, 3.63) is 86.8 Å². The molecule has 0 fully saturated rings. The summed E-state index contributed by atoms with van der Waals surface area (Å²) in [6.07, 6.45) is 4.37. The monoisotopic (exact) mass is 603 g/mol. The lowest BCUT2D eigenvalue weighted by atomic mass is 10.1. The molecule has 2 heterocycles. The molecule has 0 bridgehead atoms. The van der Waals surface area contributed by atoms with Gasteiger partial charge in [-0.2, -0.15) is 0 Å². The van der Waals surface area contributed by atoms with Gasteiger partial charge in [-0.05, 0) is 23.8 Å². The van der Waals surface area contributed by atoms with Gasteiger partial charge in [-0.25, -0.2) is 4.98 Å². The fourth-order valence-corrected chi connectivity index (χ4v) is 5.40. The third kappa shape index (κ3) is 6.20. The summed E-state index contributed by atoms with van der Waals surface area (Å²) >= 11 is 9.83. The van der Waals surface area contributed by atoms with Gasteiger partial charge in [-0.15, -0.1) is 28.1 Å². The summed E-state index contributed by atoms with van der Waals surface area (Å²) in [6.45, 7) is 4.38. The highest BCUT2D eigenvalue weighted by Gasteiger charge is 2.17. The van der Waals surface area contributed by atoms with Crippen molar-refractivity contribution in [1.29, 1.82) is 0 Å². The van der Waals surface area contributed by atoms with Crippen LogP contribution in [0.25, 0.3) is 11.4 Å². The van der Waals surface area contributed by atoms with Crippen LogP contribution < -0.4 is 5.32 Å². The second-order valence-corrected chi connectivity index (χ2v) is 10.8. The number of hydrogen-bond acceptors (Lipinski definition) is 6. The second kappa shape index (κ2) is 11.2. The van der Waals surface area contributed by atoms with Gasteiger partial charge >= 0.3 is 0 Å². The smallest absolute Gasteiger partial charge is 0.236 e. The Balaban J connectivity index is 1.38.